The fourth-order valence-electron chi connectivity index (χ4n) is 0.904. The molecular weight excluding hydrogens is 130 g/mol. The highest BCUT2D eigenvalue weighted by molar-refractivity contribution is 8.03. The summed E-state index contributed by atoms with van der Waals surface area (Å²) in [5, 5.41) is 0.756. The van der Waals surface area contributed by atoms with E-state index < -0.39 is 0 Å². The molecule has 0 aromatic rings. The van der Waals surface area contributed by atoms with Gasteiger partial charge in [0, 0.05) is 11.3 Å². The molecule has 0 aromatic carbocycles. The Morgan fingerprint density at radius 1 is 1.89 bits per heavy atom. The number of nitrogens with two attached hydrogens (primary N) is 1. The maximum Gasteiger partial charge on any atom is 0.0323 e. The second-order valence-electron chi connectivity index (χ2n) is 2.56. The Labute approximate surface area is 60.7 Å². The molecule has 52 valence electrons. The van der Waals surface area contributed by atoms with Crippen molar-refractivity contribution in [2.24, 2.45) is 5.73 Å². The van der Waals surface area contributed by atoms with Crippen LogP contribution in [0.2, 0.25) is 0 Å². The summed E-state index contributed by atoms with van der Waals surface area (Å²) in [6.45, 7) is 4.27. The summed E-state index contributed by atoms with van der Waals surface area (Å²) in [5.74, 6) is 0. The van der Waals surface area contributed by atoms with Crippen LogP contribution in [0, 0.1) is 0 Å². The van der Waals surface area contributed by atoms with Gasteiger partial charge in [-0.25, -0.2) is 0 Å². The monoisotopic (exact) mass is 143 g/mol. The predicted octanol–water partition coefficient (Wildman–Crippen LogP) is 1.74. The van der Waals surface area contributed by atoms with Crippen LogP contribution in [0.1, 0.15) is 20.3 Å². The number of thioether (sulfide) groups is 1. The molecule has 0 radical (unpaired) electrons. The standard InChI is InChI=1S/C7H13NS/c1-5-3-4-7(9-5)6(2)8/h4-6H,3,8H2,1-2H3/t5?,6-/m1/s1. The van der Waals surface area contributed by atoms with Crippen molar-refractivity contribution < 1.29 is 0 Å². The molecule has 9 heavy (non-hydrogen) atoms. The molecule has 1 nitrogen and oxygen atoms in total. The predicted molar refractivity (Wildman–Crippen MR) is 43.4 cm³/mol. The third-order valence-electron chi connectivity index (χ3n) is 1.44. The first kappa shape index (κ1) is 7.16. The lowest BCUT2D eigenvalue weighted by Gasteiger charge is -2.05. The van der Waals surface area contributed by atoms with Gasteiger partial charge in [0.25, 0.3) is 0 Å². The van der Waals surface area contributed by atoms with Crippen LogP contribution in [0.25, 0.3) is 0 Å². The van der Waals surface area contributed by atoms with Crippen LogP contribution in [0.5, 0.6) is 0 Å². The maximum absolute atomic E-state index is 5.67. The van der Waals surface area contributed by atoms with Crippen LogP contribution in [0.3, 0.4) is 0 Å². The SMILES string of the molecule is CC1CC=C([C@@H](C)N)S1. The molecule has 0 spiro atoms. The second-order valence-corrected chi connectivity index (χ2v) is 4.07. The van der Waals surface area contributed by atoms with Crippen molar-refractivity contribution >= 4 is 11.8 Å². The van der Waals surface area contributed by atoms with E-state index in [2.05, 4.69) is 13.0 Å². The topological polar surface area (TPSA) is 26.0 Å². The fraction of sp³-hybridized carbons (Fsp3) is 0.714. The van der Waals surface area contributed by atoms with Gasteiger partial charge in [-0.3, -0.25) is 0 Å². The van der Waals surface area contributed by atoms with Crippen LogP contribution in [0.4, 0.5) is 0 Å². The van der Waals surface area contributed by atoms with Crippen molar-refractivity contribution in [3.05, 3.63) is 11.0 Å². The van der Waals surface area contributed by atoms with E-state index in [0.29, 0.717) is 0 Å². The number of hydrogen-bond acceptors (Lipinski definition) is 2. The highest BCUT2D eigenvalue weighted by Gasteiger charge is 2.14. The first-order valence-corrected chi connectivity index (χ1v) is 4.20. The van der Waals surface area contributed by atoms with Gasteiger partial charge in [0.05, 0.1) is 0 Å². The lowest BCUT2D eigenvalue weighted by molar-refractivity contribution is 0.908. The lowest BCUT2D eigenvalue weighted by Crippen LogP contribution is -2.15. The molecule has 1 unspecified atom stereocenters. The van der Waals surface area contributed by atoms with Crippen molar-refractivity contribution in [3.63, 3.8) is 0 Å². The van der Waals surface area contributed by atoms with E-state index in [1.54, 1.807) is 0 Å². The van der Waals surface area contributed by atoms with Crippen LogP contribution in [-0.2, 0) is 0 Å². The summed E-state index contributed by atoms with van der Waals surface area (Å²) in [5.41, 5.74) is 5.67. The molecule has 0 aromatic heterocycles. The van der Waals surface area contributed by atoms with E-state index in [4.69, 9.17) is 5.73 Å². The molecule has 0 aliphatic carbocycles. The Morgan fingerprint density at radius 3 is 2.78 bits per heavy atom. The summed E-state index contributed by atoms with van der Waals surface area (Å²) >= 11 is 1.91. The summed E-state index contributed by atoms with van der Waals surface area (Å²) in [7, 11) is 0. The number of hydrogen-bond donors (Lipinski definition) is 1. The van der Waals surface area contributed by atoms with Crippen LogP contribution in [0.15, 0.2) is 11.0 Å². The molecule has 0 saturated heterocycles. The van der Waals surface area contributed by atoms with Gasteiger partial charge in [-0.05, 0) is 18.2 Å². The van der Waals surface area contributed by atoms with Crippen LogP contribution in [-0.4, -0.2) is 11.3 Å². The molecule has 0 bridgehead atoms. The highest BCUT2D eigenvalue weighted by atomic mass is 32.2. The molecule has 0 amide bonds. The second kappa shape index (κ2) is 2.76. The van der Waals surface area contributed by atoms with Gasteiger partial charge in [-0.2, -0.15) is 0 Å². The van der Waals surface area contributed by atoms with Gasteiger partial charge < -0.3 is 5.73 Å². The van der Waals surface area contributed by atoms with E-state index in [9.17, 15) is 0 Å². The average Bonchev–Trinajstić information content (AvgIpc) is 2.14. The molecule has 0 saturated carbocycles. The minimum atomic E-state index is 0.250. The molecule has 1 heterocycles. The van der Waals surface area contributed by atoms with Gasteiger partial charge in [-0.1, -0.05) is 13.0 Å². The summed E-state index contributed by atoms with van der Waals surface area (Å²) in [4.78, 5) is 1.36. The summed E-state index contributed by atoms with van der Waals surface area (Å²) in [6, 6.07) is 0.250. The molecule has 0 fully saturated rings. The Bertz CT molecular complexity index is 129. The van der Waals surface area contributed by atoms with Gasteiger partial charge >= 0.3 is 0 Å². The first-order chi connectivity index (χ1) is 4.20. The lowest BCUT2D eigenvalue weighted by atomic mass is 10.2. The van der Waals surface area contributed by atoms with E-state index in [0.717, 1.165) is 5.25 Å². The normalized spacial score (nSPS) is 30.1. The van der Waals surface area contributed by atoms with Gasteiger partial charge in [0.2, 0.25) is 0 Å². The smallest absolute Gasteiger partial charge is 0.0323 e. The molecular formula is C7H13NS. The zero-order valence-electron chi connectivity index (χ0n) is 5.92. The van der Waals surface area contributed by atoms with Crippen LogP contribution < -0.4 is 5.73 Å². The third-order valence-corrected chi connectivity index (χ3v) is 2.84. The number of allylic oxidation sites excluding steroid dienone is 1. The summed E-state index contributed by atoms with van der Waals surface area (Å²) < 4.78 is 0. The van der Waals surface area contributed by atoms with Crippen LogP contribution >= 0.6 is 11.8 Å². The quantitative estimate of drug-likeness (QED) is 0.605. The molecule has 2 heteroatoms. The number of rotatable bonds is 1. The Morgan fingerprint density at radius 2 is 2.56 bits per heavy atom. The first-order valence-electron chi connectivity index (χ1n) is 3.32. The van der Waals surface area contributed by atoms with Gasteiger partial charge in [-0.15, -0.1) is 11.8 Å². The fourth-order valence-corrected chi connectivity index (χ4v) is 1.97. The third kappa shape index (κ3) is 1.73. The minimum Gasteiger partial charge on any atom is -0.324 e. The molecule has 1 aliphatic heterocycles. The maximum atomic E-state index is 5.67. The Hall–Kier alpha value is 0.0500. The Kier molecular flexibility index (Phi) is 2.19. The van der Waals surface area contributed by atoms with E-state index >= 15 is 0 Å². The largest absolute Gasteiger partial charge is 0.324 e. The zero-order valence-corrected chi connectivity index (χ0v) is 6.74. The Balaban J connectivity index is 2.45. The molecule has 2 N–H and O–H groups in total. The highest BCUT2D eigenvalue weighted by Crippen LogP contribution is 2.32. The average molecular weight is 143 g/mol. The van der Waals surface area contributed by atoms with Crippen molar-refractivity contribution in [2.75, 3.05) is 0 Å². The van der Waals surface area contributed by atoms with E-state index in [1.165, 1.54) is 11.3 Å². The van der Waals surface area contributed by atoms with Gasteiger partial charge in [0.15, 0.2) is 0 Å². The van der Waals surface area contributed by atoms with Crippen molar-refractivity contribution in [1.29, 1.82) is 0 Å². The van der Waals surface area contributed by atoms with E-state index in [1.807, 2.05) is 18.7 Å². The molecule has 1 rings (SSSR count). The van der Waals surface area contributed by atoms with Crippen molar-refractivity contribution in [3.8, 4) is 0 Å². The van der Waals surface area contributed by atoms with Crippen molar-refractivity contribution in [2.45, 2.75) is 31.6 Å². The molecule has 1 aliphatic rings. The summed E-state index contributed by atoms with van der Waals surface area (Å²) in [6.07, 6.45) is 3.45. The molecule has 2 atom stereocenters. The minimum absolute atomic E-state index is 0.250. The van der Waals surface area contributed by atoms with Gasteiger partial charge in [0.1, 0.15) is 0 Å². The van der Waals surface area contributed by atoms with E-state index in [-0.39, 0.29) is 6.04 Å². The van der Waals surface area contributed by atoms with Crippen molar-refractivity contribution in [1.82, 2.24) is 0 Å². The zero-order chi connectivity index (χ0) is 6.85.